The Kier molecular flexibility index (Phi) is 6.23. The van der Waals surface area contributed by atoms with Crippen molar-refractivity contribution in [1.29, 1.82) is 5.26 Å². The van der Waals surface area contributed by atoms with Crippen molar-refractivity contribution in [3.8, 4) is 17.5 Å². The predicted molar refractivity (Wildman–Crippen MR) is 136 cm³/mol. The smallest absolute Gasteiger partial charge is 0.254 e. The number of aromatic nitrogens is 3. The topological polar surface area (TPSA) is 85.7 Å². The van der Waals surface area contributed by atoms with Gasteiger partial charge in [0.25, 0.3) is 5.91 Å². The zero-order valence-corrected chi connectivity index (χ0v) is 20.9. The summed E-state index contributed by atoms with van der Waals surface area (Å²) in [4.78, 5) is 20.2. The van der Waals surface area contributed by atoms with Crippen LogP contribution in [0.1, 0.15) is 76.0 Å². The molecule has 34 heavy (non-hydrogen) atoms. The van der Waals surface area contributed by atoms with Crippen LogP contribution in [-0.4, -0.2) is 44.7 Å². The molecule has 1 unspecified atom stereocenters. The highest BCUT2D eigenvalue weighted by molar-refractivity contribution is 7.17. The maximum atomic E-state index is 13.6. The zero-order valence-electron chi connectivity index (χ0n) is 19.7. The van der Waals surface area contributed by atoms with Gasteiger partial charge in [-0.25, -0.2) is 4.98 Å². The van der Waals surface area contributed by atoms with Crippen LogP contribution in [0.25, 0.3) is 11.4 Å². The predicted octanol–water partition coefficient (Wildman–Crippen LogP) is 5.10. The Balaban J connectivity index is 1.37. The third kappa shape index (κ3) is 4.38. The van der Waals surface area contributed by atoms with Gasteiger partial charge < -0.3 is 4.90 Å². The molecule has 1 saturated carbocycles. The molecular formula is C27H30N5OP. The van der Waals surface area contributed by atoms with Crippen LogP contribution in [0.2, 0.25) is 0 Å². The number of piperidine rings is 1. The van der Waals surface area contributed by atoms with E-state index in [1.807, 2.05) is 36.9 Å². The van der Waals surface area contributed by atoms with Gasteiger partial charge in [0.2, 0.25) is 0 Å². The van der Waals surface area contributed by atoms with Crippen molar-refractivity contribution in [2.75, 3.05) is 13.1 Å². The van der Waals surface area contributed by atoms with E-state index in [4.69, 9.17) is 5.26 Å². The first-order valence-corrected chi connectivity index (χ1v) is 12.7. The molecule has 1 aliphatic heterocycles. The summed E-state index contributed by atoms with van der Waals surface area (Å²) in [6, 6.07) is 14.3. The third-order valence-corrected chi connectivity index (χ3v) is 7.92. The maximum absolute atomic E-state index is 13.6. The van der Waals surface area contributed by atoms with Gasteiger partial charge in [-0.3, -0.25) is 9.89 Å². The minimum absolute atomic E-state index is 0.0911. The van der Waals surface area contributed by atoms with E-state index in [1.54, 1.807) is 0 Å². The molecule has 7 heteroatoms. The Hall–Kier alpha value is -3.03. The van der Waals surface area contributed by atoms with E-state index in [1.165, 1.54) is 11.1 Å². The van der Waals surface area contributed by atoms with Gasteiger partial charge in [-0.05, 0) is 91.9 Å². The Bertz CT molecular complexity index is 1250. The van der Waals surface area contributed by atoms with Crippen LogP contribution in [0, 0.1) is 25.2 Å². The van der Waals surface area contributed by atoms with Gasteiger partial charge in [-0.2, -0.15) is 10.4 Å². The molecule has 2 aromatic carbocycles. The molecule has 5 rings (SSSR count). The van der Waals surface area contributed by atoms with Gasteiger partial charge in [0.1, 0.15) is 5.82 Å². The Morgan fingerprint density at radius 2 is 1.82 bits per heavy atom. The number of nitriles is 1. The van der Waals surface area contributed by atoms with Crippen LogP contribution < -0.4 is 0 Å². The molecule has 1 atom stereocenters. The molecular weight excluding hydrogens is 441 g/mol. The van der Waals surface area contributed by atoms with Crippen LogP contribution >= 0.6 is 9.24 Å². The summed E-state index contributed by atoms with van der Waals surface area (Å²) in [5, 5.41) is 16.4. The fourth-order valence-corrected chi connectivity index (χ4v) is 5.94. The summed E-state index contributed by atoms with van der Waals surface area (Å²) >= 11 is 0. The summed E-state index contributed by atoms with van der Waals surface area (Å²) in [5.74, 6) is 2.45. The minimum Gasteiger partial charge on any atom is -0.339 e. The van der Waals surface area contributed by atoms with E-state index in [0.717, 1.165) is 61.3 Å². The van der Waals surface area contributed by atoms with E-state index in [-0.39, 0.29) is 5.91 Å². The SMILES string of the molecule is Cc1nc(-c2cc(C(=O)N3CCC(c4ccc(C#N)cc4)CC3)c(C)cc2C2CC(P)C2)n[nH]1. The second kappa shape index (κ2) is 9.31. The van der Waals surface area contributed by atoms with Crippen LogP contribution in [0.15, 0.2) is 36.4 Å². The summed E-state index contributed by atoms with van der Waals surface area (Å²) < 4.78 is 0. The van der Waals surface area contributed by atoms with E-state index in [2.05, 4.69) is 48.7 Å². The van der Waals surface area contributed by atoms with E-state index < -0.39 is 0 Å². The number of carbonyl (C=O) groups is 1. The normalized spacial score (nSPS) is 20.6. The molecule has 1 amide bonds. The summed E-state index contributed by atoms with van der Waals surface area (Å²) in [7, 11) is 2.92. The maximum Gasteiger partial charge on any atom is 0.254 e. The van der Waals surface area contributed by atoms with Crippen molar-refractivity contribution in [3.63, 3.8) is 0 Å². The zero-order chi connectivity index (χ0) is 23.8. The fourth-order valence-electron chi connectivity index (χ4n) is 5.29. The van der Waals surface area contributed by atoms with Gasteiger partial charge >= 0.3 is 0 Å². The molecule has 0 spiro atoms. The van der Waals surface area contributed by atoms with Crippen LogP contribution in [0.3, 0.4) is 0 Å². The molecule has 3 aromatic rings. The first kappa shape index (κ1) is 22.7. The number of carbonyl (C=O) groups excluding carboxylic acids is 1. The first-order valence-electron chi connectivity index (χ1n) is 12.0. The number of nitrogens with one attached hydrogen (secondary N) is 1. The molecule has 174 valence electrons. The van der Waals surface area contributed by atoms with Crippen LogP contribution in [0.4, 0.5) is 0 Å². The molecule has 1 N–H and O–H groups in total. The largest absolute Gasteiger partial charge is 0.339 e. The Morgan fingerprint density at radius 3 is 2.41 bits per heavy atom. The van der Waals surface area contributed by atoms with E-state index in [9.17, 15) is 4.79 Å². The molecule has 1 saturated heterocycles. The van der Waals surface area contributed by atoms with Crippen molar-refractivity contribution >= 4 is 15.1 Å². The Morgan fingerprint density at radius 1 is 1.12 bits per heavy atom. The van der Waals surface area contributed by atoms with Gasteiger partial charge in [0, 0.05) is 24.2 Å². The van der Waals surface area contributed by atoms with Gasteiger partial charge in [-0.1, -0.05) is 18.2 Å². The van der Waals surface area contributed by atoms with Crippen molar-refractivity contribution in [2.24, 2.45) is 0 Å². The molecule has 6 nitrogen and oxygen atoms in total. The highest BCUT2D eigenvalue weighted by Crippen LogP contribution is 2.45. The summed E-state index contributed by atoms with van der Waals surface area (Å²) in [6.45, 7) is 5.41. The second-order valence-electron chi connectivity index (χ2n) is 9.73. The van der Waals surface area contributed by atoms with E-state index in [0.29, 0.717) is 28.9 Å². The molecule has 0 bridgehead atoms. The number of aromatic amines is 1. The fraction of sp³-hybridized carbons (Fsp3) is 0.407. The quantitative estimate of drug-likeness (QED) is 0.537. The molecule has 2 fully saturated rings. The monoisotopic (exact) mass is 471 g/mol. The molecule has 2 heterocycles. The average Bonchev–Trinajstić information content (AvgIpc) is 3.27. The molecule has 0 radical (unpaired) electrons. The number of likely N-dealkylation sites (tertiary alicyclic amines) is 1. The lowest BCUT2D eigenvalue weighted by molar-refractivity contribution is 0.0712. The van der Waals surface area contributed by atoms with Crippen LogP contribution in [0.5, 0.6) is 0 Å². The number of aryl methyl sites for hydroxylation is 2. The number of H-pyrrole nitrogens is 1. The van der Waals surface area contributed by atoms with E-state index >= 15 is 0 Å². The number of amides is 1. The Labute approximate surface area is 203 Å². The highest BCUT2D eigenvalue weighted by Gasteiger charge is 2.32. The average molecular weight is 472 g/mol. The van der Waals surface area contributed by atoms with Crippen molar-refractivity contribution in [3.05, 3.63) is 70.0 Å². The molecule has 1 aliphatic carbocycles. The minimum atomic E-state index is 0.0911. The lowest BCUT2D eigenvalue weighted by Gasteiger charge is -2.35. The number of hydrogen-bond donors (Lipinski definition) is 1. The molecule has 1 aromatic heterocycles. The van der Waals surface area contributed by atoms with Crippen LogP contribution in [-0.2, 0) is 0 Å². The van der Waals surface area contributed by atoms with Gasteiger partial charge in [0.05, 0.1) is 11.6 Å². The number of rotatable bonds is 4. The highest BCUT2D eigenvalue weighted by atomic mass is 31.0. The van der Waals surface area contributed by atoms with Gasteiger partial charge in [-0.15, -0.1) is 9.24 Å². The standard InChI is InChI=1S/C27H30N5OP/c1-16-11-24(21-12-22(34)13-21)25(26-29-17(2)30-31-26)14-23(16)27(33)32-9-7-20(8-10-32)19-5-3-18(15-28)4-6-19/h3-6,11,14,20-22H,7-10,12-13,34H2,1-2H3,(H,29,30,31). The summed E-state index contributed by atoms with van der Waals surface area (Å²) in [6.07, 6.45) is 4.13. The second-order valence-corrected chi connectivity index (χ2v) is 10.7. The lowest BCUT2D eigenvalue weighted by atomic mass is 9.76. The molecule has 2 aliphatic rings. The van der Waals surface area contributed by atoms with Gasteiger partial charge in [0.15, 0.2) is 5.82 Å². The summed E-state index contributed by atoms with van der Waals surface area (Å²) in [5.41, 5.74) is 6.60. The van der Waals surface area contributed by atoms with Crippen molar-refractivity contribution in [1.82, 2.24) is 20.1 Å². The first-order chi connectivity index (χ1) is 16.4. The number of hydrogen-bond acceptors (Lipinski definition) is 4. The number of nitrogens with zero attached hydrogens (tertiary/aromatic N) is 4. The third-order valence-electron chi connectivity index (χ3n) is 7.37. The number of benzene rings is 2. The van der Waals surface area contributed by atoms with Crippen molar-refractivity contribution in [2.45, 2.75) is 57.0 Å². The van der Waals surface area contributed by atoms with Crippen molar-refractivity contribution < 1.29 is 4.79 Å². The lowest BCUT2D eigenvalue weighted by Crippen LogP contribution is -2.38.